The molecule has 0 aliphatic carbocycles. The summed E-state index contributed by atoms with van der Waals surface area (Å²) < 4.78 is 28.6. The number of benzene rings is 4. The fraction of sp³-hybridized carbons (Fsp3) is 0.0741. The van der Waals surface area contributed by atoms with E-state index >= 15 is 0 Å². The van der Waals surface area contributed by atoms with Crippen molar-refractivity contribution in [3.63, 3.8) is 0 Å². The molecule has 1 amide bonds. The van der Waals surface area contributed by atoms with Crippen LogP contribution in [-0.2, 0) is 16.6 Å². The summed E-state index contributed by atoms with van der Waals surface area (Å²) in [6.45, 7) is 1.87. The molecule has 0 atom stereocenters. The Morgan fingerprint density at radius 2 is 1.44 bits per heavy atom. The Hall–Kier alpha value is -3.03. The number of sulfonamides is 1. The Labute approximate surface area is 225 Å². The van der Waals surface area contributed by atoms with Gasteiger partial charge in [0.15, 0.2) is 0 Å². The summed E-state index contributed by atoms with van der Waals surface area (Å²) in [5, 5.41) is 4.00. The molecule has 0 spiro atoms. The van der Waals surface area contributed by atoms with Gasteiger partial charge < -0.3 is 5.32 Å². The molecule has 0 heterocycles. The number of amides is 1. The quantitative estimate of drug-likeness (QED) is 0.253. The van der Waals surface area contributed by atoms with E-state index in [1.807, 2.05) is 6.92 Å². The number of hydrogen-bond acceptors (Lipinski definition) is 3. The molecule has 0 saturated heterocycles. The summed E-state index contributed by atoms with van der Waals surface area (Å²) in [7, 11) is -3.90. The van der Waals surface area contributed by atoms with Crippen LogP contribution >= 0.6 is 34.8 Å². The second-order valence-corrected chi connectivity index (χ2v) is 11.2. The lowest BCUT2D eigenvalue weighted by Gasteiger charge is -2.26. The lowest BCUT2D eigenvalue weighted by Crippen LogP contribution is -2.31. The van der Waals surface area contributed by atoms with E-state index in [1.165, 1.54) is 4.31 Å². The van der Waals surface area contributed by atoms with Crippen molar-refractivity contribution in [3.8, 4) is 0 Å². The van der Waals surface area contributed by atoms with E-state index in [1.54, 1.807) is 91.0 Å². The Kier molecular flexibility index (Phi) is 7.91. The molecule has 0 aliphatic heterocycles. The standard InChI is InChI=1S/C27H21Cl3N2O3S/c1-18-7-12-21(28)16-26(18)32(36(34,35)25-5-3-2-4-6-25)17-19-8-10-20(11-9-19)27(33)31-24-14-22(29)13-23(30)15-24/h2-16H,17H2,1H3,(H,31,33). The van der Waals surface area contributed by atoms with Crippen molar-refractivity contribution in [3.05, 3.63) is 123 Å². The van der Waals surface area contributed by atoms with Crippen molar-refractivity contribution in [1.82, 2.24) is 0 Å². The van der Waals surface area contributed by atoms with E-state index in [4.69, 9.17) is 34.8 Å². The predicted molar refractivity (Wildman–Crippen MR) is 147 cm³/mol. The van der Waals surface area contributed by atoms with Crippen LogP contribution in [0.2, 0.25) is 15.1 Å². The molecule has 4 rings (SSSR count). The van der Waals surface area contributed by atoms with Gasteiger partial charge in [0.05, 0.1) is 17.1 Å². The average molecular weight is 560 g/mol. The minimum absolute atomic E-state index is 0.0458. The zero-order valence-corrected chi connectivity index (χ0v) is 22.2. The molecule has 0 bridgehead atoms. The highest BCUT2D eigenvalue weighted by Crippen LogP contribution is 2.31. The first kappa shape index (κ1) is 26.0. The van der Waals surface area contributed by atoms with Crippen LogP contribution in [-0.4, -0.2) is 14.3 Å². The van der Waals surface area contributed by atoms with Gasteiger partial charge in [-0.2, -0.15) is 0 Å². The molecule has 4 aromatic rings. The molecule has 0 fully saturated rings. The van der Waals surface area contributed by atoms with E-state index in [0.29, 0.717) is 37.6 Å². The Morgan fingerprint density at radius 3 is 2.08 bits per heavy atom. The first-order valence-corrected chi connectivity index (χ1v) is 13.4. The van der Waals surface area contributed by atoms with E-state index < -0.39 is 10.0 Å². The first-order chi connectivity index (χ1) is 17.1. The van der Waals surface area contributed by atoms with Crippen LogP contribution in [0.5, 0.6) is 0 Å². The highest BCUT2D eigenvalue weighted by atomic mass is 35.5. The average Bonchev–Trinajstić information content (AvgIpc) is 2.84. The summed E-state index contributed by atoms with van der Waals surface area (Å²) >= 11 is 18.2. The third kappa shape index (κ3) is 6.02. The van der Waals surface area contributed by atoms with Gasteiger partial charge in [0.2, 0.25) is 0 Å². The van der Waals surface area contributed by atoms with Crippen molar-refractivity contribution >= 4 is 62.1 Å². The van der Waals surface area contributed by atoms with Gasteiger partial charge in [-0.3, -0.25) is 9.10 Å². The number of nitrogens with one attached hydrogen (secondary N) is 1. The van der Waals surface area contributed by atoms with Crippen LogP contribution in [0.15, 0.2) is 95.9 Å². The van der Waals surface area contributed by atoms with E-state index in [2.05, 4.69) is 5.32 Å². The predicted octanol–water partition coefficient (Wildman–Crippen LogP) is 7.60. The van der Waals surface area contributed by atoms with E-state index in [-0.39, 0.29) is 17.3 Å². The molecule has 36 heavy (non-hydrogen) atoms. The maximum absolute atomic E-state index is 13.6. The molecular formula is C27H21Cl3N2O3S. The van der Waals surface area contributed by atoms with Gasteiger partial charge in [-0.1, -0.05) is 71.2 Å². The SMILES string of the molecule is Cc1ccc(Cl)cc1N(Cc1ccc(C(=O)Nc2cc(Cl)cc(Cl)c2)cc1)S(=O)(=O)c1ccccc1. The van der Waals surface area contributed by atoms with Crippen molar-refractivity contribution in [1.29, 1.82) is 0 Å². The lowest BCUT2D eigenvalue weighted by atomic mass is 10.1. The van der Waals surface area contributed by atoms with Crippen LogP contribution in [0.3, 0.4) is 0 Å². The normalized spacial score (nSPS) is 11.2. The van der Waals surface area contributed by atoms with Crippen LogP contribution < -0.4 is 9.62 Å². The topological polar surface area (TPSA) is 66.5 Å². The van der Waals surface area contributed by atoms with Gasteiger partial charge in [0.1, 0.15) is 0 Å². The fourth-order valence-electron chi connectivity index (χ4n) is 3.63. The van der Waals surface area contributed by atoms with Crippen LogP contribution in [0.4, 0.5) is 11.4 Å². The molecule has 184 valence electrons. The van der Waals surface area contributed by atoms with Crippen molar-refractivity contribution in [2.75, 3.05) is 9.62 Å². The summed E-state index contributed by atoms with van der Waals surface area (Å²) in [4.78, 5) is 12.9. The molecule has 4 aromatic carbocycles. The molecule has 1 N–H and O–H groups in total. The highest BCUT2D eigenvalue weighted by Gasteiger charge is 2.26. The van der Waals surface area contributed by atoms with Gasteiger partial charge in [0, 0.05) is 26.3 Å². The zero-order valence-electron chi connectivity index (χ0n) is 19.1. The maximum Gasteiger partial charge on any atom is 0.264 e. The number of carbonyl (C=O) groups is 1. The number of anilines is 2. The molecule has 5 nitrogen and oxygen atoms in total. The third-order valence-corrected chi connectivity index (χ3v) is 7.88. The molecule has 0 unspecified atom stereocenters. The number of nitrogens with zero attached hydrogens (tertiary/aromatic N) is 1. The molecular weight excluding hydrogens is 539 g/mol. The summed E-state index contributed by atoms with van der Waals surface area (Å²) in [5.74, 6) is -0.348. The number of rotatable bonds is 7. The van der Waals surface area contributed by atoms with Crippen LogP contribution in [0.1, 0.15) is 21.5 Å². The summed E-state index contributed by atoms with van der Waals surface area (Å²) in [6.07, 6.45) is 0. The van der Waals surface area contributed by atoms with E-state index in [0.717, 1.165) is 5.56 Å². The number of carbonyl (C=O) groups excluding carboxylic acids is 1. The van der Waals surface area contributed by atoms with Crippen molar-refractivity contribution in [2.45, 2.75) is 18.4 Å². The Morgan fingerprint density at radius 1 is 0.806 bits per heavy atom. The second-order valence-electron chi connectivity index (χ2n) is 8.06. The Balaban J connectivity index is 1.63. The van der Waals surface area contributed by atoms with Crippen LogP contribution in [0.25, 0.3) is 0 Å². The lowest BCUT2D eigenvalue weighted by molar-refractivity contribution is 0.102. The minimum Gasteiger partial charge on any atom is -0.322 e. The van der Waals surface area contributed by atoms with Gasteiger partial charge in [0.25, 0.3) is 15.9 Å². The number of aryl methyl sites for hydroxylation is 1. The van der Waals surface area contributed by atoms with E-state index in [9.17, 15) is 13.2 Å². The third-order valence-electron chi connectivity index (χ3n) is 5.43. The summed E-state index contributed by atoms with van der Waals surface area (Å²) in [6, 6.07) is 24.8. The van der Waals surface area contributed by atoms with Crippen molar-refractivity contribution in [2.24, 2.45) is 0 Å². The van der Waals surface area contributed by atoms with Gasteiger partial charge in [-0.05, 0) is 72.6 Å². The number of hydrogen-bond donors (Lipinski definition) is 1. The van der Waals surface area contributed by atoms with Gasteiger partial charge >= 0.3 is 0 Å². The largest absolute Gasteiger partial charge is 0.322 e. The van der Waals surface area contributed by atoms with Gasteiger partial charge in [-0.25, -0.2) is 8.42 Å². The molecule has 0 radical (unpaired) electrons. The van der Waals surface area contributed by atoms with Gasteiger partial charge in [-0.15, -0.1) is 0 Å². The molecule has 0 aromatic heterocycles. The number of halogens is 3. The molecule has 0 saturated carbocycles. The Bertz CT molecular complexity index is 1490. The van der Waals surface area contributed by atoms with Crippen LogP contribution in [0, 0.1) is 6.92 Å². The molecule has 9 heteroatoms. The highest BCUT2D eigenvalue weighted by molar-refractivity contribution is 7.92. The zero-order chi connectivity index (χ0) is 25.9. The first-order valence-electron chi connectivity index (χ1n) is 10.8. The smallest absolute Gasteiger partial charge is 0.264 e. The molecule has 0 aliphatic rings. The minimum atomic E-state index is -3.90. The maximum atomic E-state index is 13.6. The second kappa shape index (κ2) is 10.9. The van der Waals surface area contributed by atoms with Crippen molar-refractivity contribution < 1.29 is 13.2 Å². The fourth-order valence-corrected chi connectivity index (χ4v) is 5.85. The monoisotopic (exact) mass is 558 g/mol. The summed E-state index contributed by atoms with van der Waals surface area (Å²) in [5.41, 5.74) is 2.79.